The van der Waals surface area contributed by atoms with Crippen molar-refractivity contribution < 1.29 is 9.59 Å². The van der Waals surface area contributed by atoms with Crippen LogP contribution >= 0.6 is 0 Å². The van der Waals surface area contributed by atoms with Gasteiger partial charge in [0.05, 0.1) is 11.4 Å². The first-order valence-corrected chi connectivity index (χ1v) is 5.85. The second-order valence-corrected chi connectivity index (χ2v) is 5.33. The number of anilines is 2. The molecule has 0 bridgehead atoms. The standard InChI is InChI=1S/C13H17N3O2/c1-13(2,3)15-12(18)16-8-11(17)14-9-6-4-5-7-10(9)16/h4-7H,8H2,1-3H3,(H,14,17)(H,15,18). The molecule has 2 rings (SSSR count). The molecule has 2 N–H and O–H groups in total. The number of carbonyl (C=O) groups excluding carboxylic acids is 2. The van der Waals surface area contributed by atoms with Crippen molar-refractivity contribution in [3.05, 3.63) is 24.3 Å². The van der Waals surface area contributed by atoms with Crippen LogP contribution in [0.5, 0.6) is 0 Å². The normalized spacial score (nSPS) is 14.8. The van der Waals surface area contributed by atoms with Gasteiger partial charge in [0.1, 0.15) is 6.54 Å². The summed E-state index contributed by atoms with van der Waals surface area (Å²) in [5.74, 6) is -0.183. The van der Waals surface area contributed by atoms with E-state index >= 15 is 0 Å². The number of hydrogen-bond acceptors (Lipinski definition) is 2. The van der Waals surface area contributed by atoms with Crippen LogP contribution in [-0.2, 0) is 4.79 Å². The highest BCUT2D eigenvalue weighted by Crippen LogP contribution is 2.28. The summed E-state index contributed by atoms with van der Waals surface area (Å²) in [6.07, 6.45) is 0. The van der Waals surface area contributed by atoms with E-state index in [0.29, 0.717) is 5.69 Å². The summed E-state index contributed by atoms with van der Waals surface area (Å²) in [5.41, 5.74) is 1.05. The van der Waals surface area contributed by atoms with Crippen LogP contribution in [0.2, 0.25) is 0 Å². The molecule has 0 spiro atoms. The fraction of sp³-hybridized carbons (Fsp3) is 0.385. The number of urea groups is 1. The lowest BCUT2D eigenvalue weighted by Crippen LogP contribution is -2.52. The number of amides is 3. The molecule has 96 valence electrons. The first-order chi connectivity index (χ1) is 8.37. The van der Waals surface area contributed by atoms with Crippen molar-refractivity contribution in [1.29, 1.82) is 0 Å². The Bertz CT molecular complexity index is 491. The number of nitrogens with one attached hydrogen (secondary N) is 2. The molecule has 0 saturated carbocycles. The van der Waals surface area contributed by atoms with Crippen molar-refractivity contribution in [3.8, 4) is 0 Å². The fourth-order valence-corrected chi connectivity index (χ4v) is 1.80. The zero-order chi connectivity index (χ0) is 13.3. The average Bonchev–Trinajstić information content (AvgIpc) is 2.25. The third-order valence-electron chi connectivity index (χ3n) is 2.50. The van der Waals surface area contributed by atoms with Crippen LogP contribution in [0.4, 0.5) is 16.2 Å². The predicted molar refractivity (Wildman–Crippen MR) is 70.7 cm³/mol. The van der Waals surface area contributed by atoms with E-state index in [1.807, 2.05) is 39.0 Å². The summed E-state index contributed by atoms with van der Waals surface area (Å²) in [6.45, 7) is 5.75. The van der Waals surface area contributed by atoms with Crippen LogP contribution in [0.3, 0.4) is 0 Å². The SMILES string of the molecule is CC(C)(C)NC(=O)N1CC(=O)Nc2ccccc21. The number of para-hydroxylation sites is 2. The van der Waals surface area contributed by atoms with Crippen LogP contribution in [0.15, 0.2) is 24.3 Å². The molecule has 18 heavy (non-hydrogen) atoms. The molecule has 0 fully saturated rings. The molecule has 0 aromatic heterocycles. The molecule has 5 heteroatoms. The summed E-state index contributed by atoms with van der Waals surface area (Å²) in [5, 5.41) is 5.60. The second kappa shape index (κ2) is 4.33. The smallest absolute Gasteiger partial charge is 0.322 e. The molecule has 0 saturated heterocycles. The summed E-state index contributed by atoms with van der Waals surface area (Å²) >= 11 is 0. The maximum atomic E-state index is 12.2. The van der Waals surface area contributed by atoms with Crippen LogP contribution in [0, 0.1) is 0 Å². The number of carbonyl (C=O) groups is 2. The minimum Gasteiger partial charge on any atom is -0.333 e. The maximum absolute atomic E-state index is 12.2. The molecule has 1 aliphatic heterocycles. The first kappa shape index (κ1) is 12.4. The lowest BCUT2D eigenvalue weighted by molar-refractivity contribution is -0.115. The molecule has 1 aliphatic rings. The minimum atomic E-state index is -0.333. The number of benzene rings is 1. The molecule has 0 aliphatic carbocycles. The van der Waals surface area contributed by atoms with Gasteiger partial charge in [-0.05, 0) is 32.9 Å². The van der Waals surface area contributed by atoms with Gasteiger partial charge in [0, 0.05) is 5.54 Å². The predicted octanol–water partition coefficient (Wildman–Crippen LogP) is 1.95. The van der Waals surface area contributed by atoms with Crippen molar-refractivity contribution >= 4 is 23.3 Å². The van der Waals surface area contributed by atoms with Gasteiger partial charge in [-0.2, -0.15) is 0 Å². The quantitative estimate of drug-likeness (QED) is 0.736. The molecular weight excluding hydrogens is 230 g/mol. The highest BCUT2D eigenvalue weighted by molar-refractivity contribution is 6.09. The fourth-order valence-electron chi connectivity index (χ4n) is 1.80. The summed E-state index contributed by atoms with van der Waals surface area (Å²) in [6, 6.07) is 7.00. The Labute approximate surface area is 106 Å². The third kappa shape index (κ3) is 2.61. The number of fused-ring (bicyclic) bond motifs is 1. The first-order valence-electron chi connectivity index (χ1n) is 5.85. The monoisotopic (exact) mass is 247 g/mol. The van der Waals surface area contributed by atoms with Crippen molar-refractivity contribution in [2.45, 2.75) is 26.3 Å². The van der Waals surface area contributed by atoms with E-state index in [2.05, 4.69) is 10.6 Å². The molecular formula is C13H17N3O2. The van der Waals surface area contributed by atoms with E-state index in [-0.39, 0.29) is 24.0 Å². The summed E-state index contributed by atoms with van der Waals surface area (Å²) < 4.78 is 0. The Kier molecular flexibility index (Phi) is 2.98. The molecule has 1 aromatic rings. The Morgan fingerprint density at radius 3 is 2.67 bits per heavy atom. The van der Waals surface area contributed by atoms with Gasteiger partial charge in [0.25, 0.3) is 0 Å². The van der Waals surface area contributed by atoms with Gasteiger partial charge in [-0.25, -0.2) is 4.79 Å². The topological polar surface area (TPSA) is 61.4 Å². The van der Waals surface area contributed by atoms with Gasteiger partial charge >= 0.3 is 6.03 Å². The number of nitrogens with zero attached hydrogens (tertiary/aromatic N) is 1. The van der Waals surface area contributed by atoms with Gasteiger partial charge in [0.15, 0.2) is 0 Å². The number of hydrogen-bond donors (Lipinski definition) is 2. The zero-order valence-electron chi connectivity index (χ0n) is 10.8. The van der Waals surface area contributed by atoms with Gasteiger partial charge in [-0.15, -0.1) is 0 Å². The van der Waals surface area contributed by atoms with Gasteiger partial charge in [0.2, 0.25) is 5.91 Å². The van der Waals surface area contributed by atoms with E-state index in [9.17, 15) is 9.59 Å². The van der Waals surface area contributed by atoms with E-state index in [1.54, 1.807) is 6.07 Å². The van der Waals surface area contributed by atoms with Crippen LogP contribution in [-0.4, -0.2) is 24.0 Å². The van der Waals surface area contributed by atoms with Crippen molar-refractivity contribution in [3.63, 3.8) is 0 Å². The maximum Gasteiger partial charge on any atom is 0.322 e. The average molecular weight is 247 g/mol. The molecule has 3 amide bonds. The van der Waals surface area contributed by atoms with E-state index in [4.69, 9.17) is 0 Å². The highest BCUT2D eigenvalue weighted by atomic mass is 16.2. The lowest BCUT2D eigenvalue weighted by Gasteiger charge is -2.32. The Balaban J connectivity index is 2.29. The van der Waals surface area contributed by atoms with Gasteiger partial charge in [-0.3, -0.25) is 9.69 Å². The van der Waals surface area contributed by atoms with E-state index in [1.165, 1.54) is 4.90 Å². The van der Waals surface area contributed by atoms with Crippen LogP contribution in [0.1, 0.15) is 20.8 Å². The van der Waals surface area contributed by atoms with Gasteiger partial charge < -0.3 is 10.6 Å². The van der Waals surface area contributed by atoms with Crippen molar-refractivity contribution in [1.82, 2.24) is 5.32 Å². The summed E-state index contributed by atoms with van der Waals surface area (Å²) in [7, 11) is 0. The van der Waals surface area contributed by atoms with E-state index < -0.39 is 0 Å². The Hall–Kier alpha value is -2.04. The second-order valence-electron chi connectivity index (χ2n) is 5.33. The largest absolute Gasteiger partial charge is 0.333 e. The Morgan fingerprint density at radius 1 is 1.33 bits per heavy atom. The molecule has 1 heterocycles. The third-order valence-corrected chi connectivity index (χ3v) is 2.50. The lowest BCUT2D eigenvalue weighted by atomic mass is 10.1. The van der Waals surface area contributed by atoms with Gasteiger partial charge in [-0.1, -0.05) is 12.1 Å². The molecule has 0 unspecified atom stereocenters. The molecule has 5 nitrogen and oxygen atoms in total. The molecule has 1 aromatic carbocycles. The minimum absolute atomic E-state index is 0.0406. The van der Waals surface area contributed by atoms with Crippen LogP contribution < -0.4 is 15.5 Å². The van der Waals surface area contributed by atoms with Crippen LogP contribution in [0.25, 0.3) is 0 Å². The zero-order valence-corrected chi connectivity index (χ0v) is 10.8. The summed E-state index contributed by atoms with van der Waals surface area (Å²) in [4.78, 5) is 25.2. The van der Waals surface area contributed by atoms with Crippen molar-refractivity contribution in [2.24, 2.45) is 0 Å². The molecule has 0 radical (unpaired) electrons. The highest BCUT2D eigenvalue weighted by Gasteiger charge is 2.28. The van der Waals surface area contributed by atoms with Crippen molar-refractivity contribution in [2.75, 3.05) is 16.8 Å². The molecule has 0 atom stereocenters. The number of rotatable bonds is 0. The van der Waals surface area contributed by atoms with E-state index in [0.717, 1.165) is 5.69 Å². The Morgan fingerprint density at radius 2 is 2.00 bits per heavy atom.